The van der Waals surface area contributed by atoms with E-state index in [-0.39, 0.29) is 0 Å². The quantitative estimate of drug-likeness (QED) is 0.552. The number of hydrogen-bond donors (Lipinski definition) is 0. The van der Waals surface area contributed by atoms with Gasteiger partial charge in [-0.05, 0) is 30.5 Å². The molecule has 0 aliphatic heterocycles. The number of hydrogen-bond acceptors (Lipinski definition) is 3. The fraction of sp³-hybridized carbons (Fsp3) is 0.0769. The molecule has 0 N–H and O–H groups in total. The van der Waals surface area contributed by atoms with Crippen molar-refractivity contribution in [3.05, 3.63) is 54.0 Å². The fourth-order valence-electron chi connectivity index (χ4n) is 1.22. The summed E-state index contributed by atoms with van der Waals surface area (Å²) in [5, 5.41) is 0.957. The molecule has 2 rings (SSSR count). The third-order valence-electron chi connectivity index (χ3n) is 1.97. The van der Waals surface area contributed by atoms with Gasteiger partial charge in [-0.15, -0.1) is 11.8 Å². The first kappa shape index (κ1) is 10.7. The van der Waals surface area contributed by atoms with E-state index in [4.69, 9.17) is 0 Å². The largest absolute Gasteiger partial charge is 0.263 e. The lowest BCUT2D eigenvalue weighted by Crippen LogP contribution is -1.84. The van der Waals surface area contributed by atoms with E-state index in [0.717, 1.165) is 16.2 Å². The molecule has 2 nitrogen and oxygen atoms in total. The van der Waals surface area contributed by atoms with Crippen molar-refractivity contribution < 1.29 is 0 Å². The van der Waals surface area contributed by atoms with E-state index in [9.17, 15) is 0 Å². The minimum Gasteiger partial charge on any atom is -0.263 e. The Hall–Kier alpha value is -1.79. The van der Waals surface area contributed by atoms with Gasteiger partial charge >= 0.3 is 0 Å². The Morgan fingerprint density at radius 2 is 2.00 bits per heavy atom. The minimum absolute atomic E-state index is 0.915. The van der Waals surface area contributed by atoms with Crippen LogP contribution in [0.25, 0.3) is 0 Å². The molecule has 16 heavy (non-hydrogen) atoms. The lowest BCUT2D eigenvalue weighted by atomic mass is 10.2. The molecule has 0 aliphatic rings. The van der Waals surface area contributed by atoms with Crippen LogP contribution in [-0.4, -0.2) is 16.2 Å². The highest BCUT2D eigenvalue weighted by molar-refractivity contribution is 7.98. The lowest BCUT2D eigenvalue weighted by molar-refractivity contribution is 1.12. The van der Waals surface area contributed by atoms with E-state index in [1.165, 1.54) is 0 Å². The molecular formula is C13H10N2S. The molecule has 2 aromatic heterocycles. The molecule has 0 atom stereocenters. The van der Waals surface area contributed by atoms with Crippen molar-refractivity contribution in [1.82, 2.24) is 9.97 Å². The van der Waals surface area contributed by atoms with E-state index < -0.39 is 0 Å². The van der Waals surface area contributed by atoms with Gasteiger partial charge in [0.1, 0.15) is 5.03 Å². The van der Waals surface area contributed by atoms with E-state index in [1.54, 1.807) is 30.4 Å². The first-order chi connectivity index (χ1) is 7.90. The number of pyridine rings is 2. The van der Waals surface area contributed by atoms with Gasteiger partial charge < -0.3 is 0 Å². The zero-order valence-electron chi connectivity index (χ0n) is 8.84. The van der Waals surface area contributed by atoms with Crippen molar-refractivity contribution in [3.8, 4) is 11.8 Å². The van der Waals surface area contributed by atoms with Crippen LogP contribution in [0.5, 0.6) is 0 Å². The average molecular weight is 226 g/mol. The van der Waals surface area contributed by atoms with Crippen molar-refractivity contribution in [3.63, 3.8) is 0 Å². The van der Waals surface area contributed by atoms with Crippen molar-refractivity contribution >= 4 is 11.8 Å². The first-order valence-corrected chi connectivity index (χ1v) is 6.03. The molecule has 0 aromatic carbocycles. The molecule has 2 heterocycles. The summed E-state index contributed by atoms with van der Waals surface area (Å²) in [5.41, 5.74) is 1.87. The standard InChI is InChI=1S/C13H10N2S/c1-16-13-12(5-3-9-15-13)7-6-11-4-2-8-14-10-11/h2-5,8-10H,1H3. The second-order valence-electron chi connectivity index (χ2n) is 3.05. The highest BCUT2D eigenvalue weighted by Gasteiger charge is 1.97. The summed E-state index contributed by atoms with van der Waals surface area (Å²) < 4.78 is 0. The summed E-state index contributed by atoms with van der Waals surface area (Å²) in [6.07, 6.45) is 7.27. The van der Waals surface area contributed by atoms with Gasteiger partial charge in [-0.1, -0.05) is 11.8 Å². The Bertz CT molecular complexity index is 526. The molecular weight excluding hydrogens is 216 g/mol. The van der Waals surface area contributed by atoms with Crippen LogP contribution in [0.15, 0.2) is 47.9 Å². The van der Waals surface area contributed by atoms with Crippen LogP contribution >= 0.6 is 11.8 Å². The predicted octanol–water partition coefficient (Wildman–Crippen LogP) is 2.60. The predicted molar refractivity (Wildman–Crippen MR) is 66.2 cm³/mol. The second-order valence-corrected chi connectivity index (χ2v) is 3.85. The summed E-state index contributed by atoms with van der Waals surface area (Å²) in [4.78, 5) is 8.27. The minimum atomic E-state index is 0.915. The fourth-order valence-corrected chi connectivity index (χ4v) is 1.73. The maximum absolute atomic E-state index is 4.25. The maximum Gasteiger partial charge on any atom is 0.111 e. The second kappa shape index (κ2) is 5.34. The SMILES string of the molecule is CSc1ncccc1C#Cc1cccnc1. The molecule has 0 fully saturated rings. The van der Waals surface area contributed by atoms with Crippen LogP contribution in [0.2, 0.25) is 0 Å². The average Bonchev–Trinajstić information content (AvgIpc) is 2.38. The van der Waals surface area contributed by atoms with Crippen LogP contribution in [-0.2, 0) is 0 Å². The molecule has 0 spiro atoms. The molecule has 3 heteroatoms. The number of aromatic nitrogens is 2. The summed E-state index contributed by atoms with van der Waals surface area (Å²) in [5.74, 6) is 6.18. The zero-order valence-corrected chi connectivity index (χ0v) is 9.66. The van der Waals surface area contributed by atoms with Crippen LogP contribution in [0.4, 0.5) is 0 Å². The number of nitrogens with zero attached hydrogens (tertiary/aromatic N) is 2. The van der Waals surface area contributed by atoms with Crippen LogP contribution in [0.3, 0.4) is 0 Å². The molecule has 0 bridgehead atoms. The van der Waals surface area contributed by atoms with E-state index in [0.29, 0.717) is 0 Å². The summed E-state index contributed by atoms with van der Waals surface area (Å²) in [7, 11) is 0. The molecule has 0 saturated heterocycles. The maximum atomic E-state index is 4.25. The Labute approximate surface area is 99.1 Å². The van der Waals surface area contributed by atoms with Gasteiger partial charge in [-0.25, -0.2) is 4.98 Å². The normalized spacial score (nSPS) is 9.31. The molecule has 0 radical (unpaired) electrons. The lowest BCUT2D eigenvalue weighted by Gasteiger charge is -1.97. The highest BCUT2D eigenvalue weighted by Crippen LogP contribution is 2.15. The van der Waals surface area contributed by atoms with Gasteiger partial charge in [0.2, 0.25) is 0 Å². The van der Waals surface area contributed by atoms with Gasteiger partial charge in [0, 0.05) is 24.2 Å². The molecule has 2 aromatic rings. The Balaban J connectivity index is 2.31. The Morgan fingerprint density at radius 1 is 1.12 bits per heavy atom. The molecule has 78 valence electrons. The van der Waals surface area contributed by atoms with E-state index in [1.807, 2.05) is 30.5 Å². The number of thioether (sulfide) groups is 1. The zero-order chi connectivity index (χ0) is 11.2. The topological polar surface area (TPSA) is 25.8 Å². The monoisotopic (exact) mass is 226 g/mol. The van der Waals surface area contributed by atoms with Gasteiger partial charge in [-0.2, -0.15) is 0 Å². The molecule has 0 aliphatic carbocycles. The van der Waals surface area contributed by atoms with Crippen LogP contribution in [0.1, 0.15) is 11.1 Å². The van der Waals surface area contributed by atoms with Gasteiger partial charge in [0.05, 0.1) is 5.56 Å². The molecule has 0 saturated carbocycles. The van der Waals surface area contributed by atoms with Gasteiger partial charge in [0.25, 0.3) is 0 Å². The van der Waals surface area contributed by atoms with Gasteiger partial charge in [-0.3, -0.25) is 4.98 Å². The van der Waals surface area contributed by atoms with E-state index >= 15 is 0 Å². The summed E-state index contributed by atoms with van der Waals surface area (Å²) >= 11 is 1.60. The first-order valence-electron chi connectivity index (χ1n) is 4.81. The van der Waals surface area contributed by atoms with Gasteiger partial charge in [0.15, 0.2) is 0 Å². The third kappa shape index (κ3) is 2.62. The third-order valence-corrected chi connectivity index (χ3v) is 2.68. The van der Waals surface area contributed by atoms with E-state index in [2.05, 4.69) is 21.8 Å². The van der Waals surface area contributed by atoms with Crippen molar-refractivity contribution in [2.45, 2.75) is 5.03 Å². The van der Waals surface area contributed by atoms with Crippen molar-refractivity contribution in [1.29, 1.82) is 0 Å². The number of rotatable bonds is 1. The Morgan fingerprint density at radius 3 is 2.75 bits per heavy atom. The van der Waals surface area contributed by atoms with Crippen LogP contribution < -0.4 is 0 Å². The molecule has 0 amide bonds. The smallest absolute Gasteiger partial charge is 0.111 e. The molecule has 0 unspecified atom stereocenters. The summed E-state index contributed by atoms with van der Waals surface area (Å²) in [6, 6.07) is 7.69. The van der Waals surface area contributed by atoms with Crippen molar-refractivity contribution in [2.24, 2.45) is 0 Å². The highest BCUT2D eigenvalue weighted by atomic mass is 32.2. The van der Waals surface area contributed by atoms with Crippen molar-refractivity contribution in [2.75, 3.05) is 6.26 Å². The Kier molecular flexibility index (Phi) is 3.58. The summed E-state index contributed by atoms with van der Waals surface area (Å²) in [6.45, 7) is 0. The van der Waals surface area contributed by atoms with Crippen LogP contribution in [0, 0.1) is 11.8 Å².